The van der Waals surface area contributed by atoms with E-state index in [4.69, 9.17) is 4.84 Å². The molecule has 0 aromatic heterocycles. The molecule has 2 fully saturated rings. The van der Waals surface area contributed by atoms with E-state index >= 15 is 0 Å². The van der Waals surface area contributed by atoms with Crippen molar-refractivity contribution in [2.45, 2.75) is 97.4 Å². The second-order valence-electron chi connectivity index (χ2n) is 11.1. The molecular weight excluding hydrogens is 491 g/mol. The van der Waals surface area contributed by atoms with Gasteiger partial charge in [-0.3, -0.25) is 9.69 Å². The molecule has 0 spiro atoms. The first-order chi connectivity index (χ1) is 18.4. The molecule has 5 nitrogen and oxygen atoms in total. The molecule has 0 bridgehead atoms. The minimum atomic E-state index is -0.670. The third-order valence-corrected chi connectivity index (χ3v) is 9.77. The van der Waals surface area contributed by atoms with Crippen LogP contribution in [-0.4, -0.2) is 34.5 Å². The van der Waals surface area contributed by atoms with Gasteiger partial charge in [0.05, 0.1) is 5.41 Å². The van der Waals surface area contributed by atoms with Crippen molar-refractivity contribution in [2.24, 2.45) is 10.6 Å². The zero-order valence-electron chi connectivity index (χ0n) is 23.6. The van der Waals surface area contributed by atoms with Crippen molar-refractivity contribution in [1.29, 1.82) is 0 Å². The summed E-state index contributed by atoms with van der Waals surface area (Å²) >= 11 is 0. The number of carboxylic acid groups (broad SMARTS) is 1. The van der Waals surface area contributed by atoms with Crippen LogP contribution in [0.1, 0.15) is 112 Å². The van der Waals surface area contributed by atoms with Crippen molar-refractivity contribution in [3.05, 3.63) is 70.3 Å². The van der Waals surface area contributed by atoms with Crippen LogP contribution in [0.3, 0.4) is 0 Å². The lowest BCUT2D eigenvalue weighted by molar-refractivity contribution is -0.150. The Bertz CT molecular complexity index is 1100. The van der Waals surface area contributed by atoms with Gasteiger partial charge in [-0.25, -0.2) is 0 Å². The molecule has 1 N–H and O–H groups in total. The Morgan fingerprint density at radius 2 is 1.79 bits per heavy atom. The number of piperidine rings is 1. The quantitative estimate of drug-likeness (QED) is 0.347. The predicted molar refractivity (Wildman–Crippen MR) is 158 cm³/mol. The van der Waals surface area contributed by atoms with Gasteiger partial charge in [0.15, 0.2) is 5.85 Å². The number of hydrogen-bond donors (Lipinski definition) is 1. The molecule has 2 aromatic rings. The number of oxime groups is 1. The van der Waals surface area contributed by atoms with Crippen LogP contribution in [-0.2, 0) is 22.6 Å². The summed E-state index contributed by atoms with van der Waals surface area (Å²) in [6, 6.07) is 15.7. The van der Waals surface area contributed by atoms with Gasteiger partial charge in [0.1, 0.15) is 5.45 Å². The van der Waals surface area contributed by atoms with E-state index in [2.05, 4.69) is 59.4 Å². The van der Waals surface area contributed by atoms with Gasteiger partial charge < -0.3 is 9.94 Å². The van der Waals surface area contributed by atoms with E-state index in [0.717, 1.165) is 43.0 Å². The largest absolute Gasteiger partial charge is 0.481 e. The van der Waals surface area contributed by atoms with Crippen molar-refractivity contribution in [3.63, 3.8) is 0 Å². The second-order valence-corrected chi connectivity index (χ2v) is 12.4. The van der Waals surface area contributed by atoms with E-state index in [1.807, 2.05) is 20.8 Å². The second kappa shape index (κ2) is 13.2. The Balaban J connectivity index is 0.00000164. The summed E-state index contributed by atoms with van der Waals surface area (Å²) in [6.07, 6.45) is 9.11. The molecule has 3 aliphatic rings. The number of rotatable bonds is 8. The maximum atomic E-state index is 11.5. The zero-order valence-corrected chi connectivity index (χ0v) is 24.6. The van der Waals surface area contributed by atoms with E-state index in [0.29, 0.717) is 21.4 Å². The third-order valence-electron chi connectivity index (χ3n) is 8.41. The lowest BCUT2D eigenvalue weighted by Crippen LogP contribution is -2.42. The summed E-state index contributed by atoms with van der Waals surface area (Å²) in [5, 5.41) is 13.9. The van der Waals surface area contributed by atoms with Gasteiger partial charge in [0.2, 0.25) is 0 Å². The van der Waals surface area contributed by atoms with Crippen LogP contribution >= 0.6 is 8.58 Å². The van der Waals surface area contributed by atoms with Crippen LogP contribution < -0.4 is 0 Å². The number of nitrogens with zero attached hydrogens (tertiary/aromatic N) is 2. The summed E-state index contributed by atoms with van der Waals surface area (Å²) < 4.78 is 0. The average molecular weight is 537 g/mol. The fourth-order valence-corrected chi connectivity index (χ4v) is 7.06. The molecule has 2 heterocycles. The number of carboxylic acids is 1. The van der Waals surface area contributed by atoms with Crippen molar-refractivity contribution >= 4 is 20.0 Å². The van der Waals surface area contributed by atoms with Crippen LogP contribution in [0.15, 0.2) is 47.6 Å². The number of carbonyl (C=O) groups is 1. The third kappa shape index (κ3) is 6.66. The van der Waals surface area contributed by atoms with Crippen LogP contribution in [0.4, 0.5) is 0 Å². The topological polar surface area (TPSA) is 62.1 Å². The summed E-state index contributed by atoms with van der Waals surface area (Å²) in [4.78, 5) is 19.8. The van der Waals surface area contributed by atoms with Crippen molar-refractivity contribution in [3.8, 4) is 0 Å². The SMILES string of the molecule is CC.CCCc1cc(C2ON=C(c3ccc(CN4CCC(C)(C(=O)O)CC4)cc3)P2)ccc1C1CCCC1. The molecule has 5 rings (SSSR count). The van der Waals surface area contributed by atoms with E-state index in [1.165, 1.54) is 48.8 Å². The van der Waals surface area contributed by atoms with Crippen LogP contribution in [0.25, 0.3) is 0 Å². The first-order valence-electron chi connectivity index (χ1n) is 14.6. The summed E-state index contributed by atoms with van der Waals surface area (Å²) in [5.74, 6) is 0.0887. The lowest BCUT2D eigenvalue weighted by atomic mass is 9.80. The van der Waals surface area contributed by atoms with Gasteiger partial charge in [0.25, 0.3) is 0 Å². The molecule has 0 amide bonds. The van der Waals surface area contributed by atoms with Gasteiger partial charge in [-0.1, -0.05) is 87.7 Å². The molecule has 206 valence electrons. The Hall–Kier alpha value is -2.23. The van der Waals surface area contributed by atoms with Gasteiger partial charge in [-0.15, -0.1) is 0 Å². The highest BCUT2D eigenvalue weighted by atomic mass is 31.1. The Morgan fingerprint density at radius 1 is 1.11 bits per heavy atom. The highest BCUT2D eigenvalue weighted by Crippen LogP contribution is 2.45. The van der Waals surface area contributed by atoms with Gasteiger partial charge >= 0.3 is 5.97 Å². The molecule has 2 atom stereocenters. The van der Waals surface area contributed by atoms with Gasteiger partial charge in [0, 0.05) is 12.1 Å². The molecule has 2 aliphatic heterocycles. The minimum absolute atomic E-state index is 0.0183. The normalized spacial score (nSPS) is 22.0. The Morgan fingerprint density at radius 3 is 2.42 bits per heavy atom. The highest BCUT2D eigenvalue weighted by Gasteiger charge is 2.36. The zero-order chi connectivity index (χ0) is 27.1. The highest BCUT2D eigenvalue weighted by molar-refractivity contribution is 7.59. The van der Waals surface area contributed by atoms with E-state index < -0.39 is 11.4 Å². The molecule has 1 saturated heterocycles. The van der Waals surface area contributed by atoms with E-state index in [1.54, 1.807) is 5.56 Å². The van der Waals surface area contributed by atoms with Crippen molar-refractivity contribution in [2.75, 3.05) is 13.1 Å². The monoisotopic (exact) mass is 536 g/mol. The molecule has 1 aliphatic carbocycles. The van der Waals surface area contributed by atoms with Crippen LogP contribution in [0, 0.1) is 5.41 Å². The van der Waals surface area contributed by atoms with Crippen molar-refractivity contribution in [1.82, 2.24) is 4.90 Å². The van der Waals surface area contributed by atoms with Crippen LogP contribution in [0.2, 0.25) is 0 Å². The maximum absolute atomic E-state index is 11.5. The first kappa shape index (κ1) is 28.8. The molecule has 6 heteroatoms. The maximum Gasteiger partial charge on any atom is 0.309 e. The van der Waals surface area contributed by atoms with Gasteiger partial charge in [-0.05, 0) is 88.9 Å². The molecule has 1 saturated carbocycles. The summed E-state index contributed by atoms with van der Waals surface area (Å²) in [5.41, 5.74) is 7.18. The number of likely N-dealkylation sites (tertiary alicyclic amines) is 1. The van der Waals surface area contributed by atoms with Crippen molar-refractivity contribution < 1.29 is 14.7 Å². The Labute approximate surface area is 230 Å². The number of hydrogen-bond acceptors (Lipinski definition) is 4. The average Bonchev–Trinajstić information content (AvgIpc) is 3.65. The Kier molecular flexibility index (Phi) is 10.0. The molecule has 0 radical (unpaired) electrons. The number of benzene rings is 2. The molecule has 2 aromatic carbocycles. The number of aryl methyl sites for hydroxylation is 1. The summed E-state index contributed by atoms with van der Waals surface area (Å²) in [6.45, 7) is 10.6. The first-order valence-corrected chi connectivity index (χ1v) is 15.7. The molecule has 38 heavy (non-hydrogen) atoms. The molecular formula is C32H45N2O3P. The van der Waals surface area contributed by atoms with Crippen LogP contribution in [0.5, 0.6) is 0 Å². The number of aliphatic carboxylic acids is 1. The fraction of sp³-hybridized carbons (Fsp3) is 0.562. The fourth-order valence-electron chi connectivity index (χ4n) is 5.92. The lowest BCUT2D eigenvalue weighted by Gasteiger charge is -2.36. The summed E-state index contributed by atoms with van der Waals surface area (Å²) in [7, 11) is 0.503. The predicted octanol–water partition coefficient (Wildman–Crippen LogP) is 8.08. The minimum Gasteiger partial charge on any atom is -0.481 e. The standard InChI is InChI=1S/C30H39N2O3P.C2H6/c1-3-6-24-19-25(13-14-26(24)22-7-4-5-8-22)28-35-31-27(36-28)23-11-9-21(10-12-23)20-32-17-15-30(2,16-18-32)29(33)34;1-2/h9-14,19,22,28,36H,3-8,15-18,20H2,1-2H3,(H,33,34);1-2H3. The molecule has 2 unspecified atom stereocenters. The smallest absolute Gasteiger partial charge is 0.309 e. The van der Waals surface area contributed by atoms with E-state index in [9.17, 15) is 9.90 Å². The van der Waals surface area contributed by atoms with Gasteiger partial charge in [-0.2, -0.15) is 0 Å². The van der Waals surface area contributed by atoms with E-state index in [-0.39, 0.29) is 5.85 Å².